The van der Waals surface area contributed by atoms with Gasteiger partial charge in [0.25, 0.3) is 0 Å². The summed E-state index contributed by atoms with van der Waals surface area (Å²) >= 11 is 1.32. The van der Waals surface area contributed by atoms with Crippen molar-refractivity contribution in [1.29, 1.82) is 0 Å². The monoisotopic (exact) mass is 278 g/mol. The first kappa shape index (κ1) is 8.77. The topological polar surface area (TPSA) is 50.9 Å². The molecule has 63 valence electrons. The van der Waals surface area contributed by atoms with E-state index in [9.17, 15) is 0 Å². The summed E-state index contributed by atoms with van der Waals surface area (Å²) in [7, 11) is 0. The van der Waals surface area contributed by atoms with Gasteiger partial charge in [0.1, 0.15) is 0 Å². The van der Waals surface area contributed by atoms with Crippen LogP contribution in [-0.4, -0.2) is 27.5 Å². The average molecular weight is 277 g/mol. The van der Waals surface area contributed by atoms with E-state index in [1.807, 2.05) is 30.5 Å². The number of nitrogens with two attached hydrogens (primary N) is 1. The number of anilines is 1. The third-order valence-corrected chi connectivity index (χ3v) is 3.07. The summed E-state index contributed by atoms with van der Waals surface area (Å²) in [6, 6.07) is 8.02. The molecule has 0 bridgehead atoms. The van der Waals surface area contributed by atoms with Crippen LogP contribution in [0.1, 0.15) is 0 Å². The van der Waals surface area contributed by atoms with Gasteiger partial charge in [-0.1, -0.05) is 0 Å². The molecule has 2 rings (SSSR count). The number of hydrogen-bond donors (Lipinski definition) is 2. The van der Waals surface area contributed by atoms with Crippen molar-refractivity contribution in [1.82, 2.24) is 4.98 Å². The maximum atomic E-state index is 5.33. The van der Waals surface area contributed by atoms with Crippen LogP contribution < -0.4 is 15.0 Å². The van der Waals surface area contributed by atoms with Gasteiger partial charge in [0.2, 0.25) is 0 Å². The molecule has 0 aliphatic rings. The van der Waals surface area contributed by atoms with Crippen LogP contribution in [0.2, 0.25) is 0 Å². The van der Waals surface area contributed by atoms with E-state index in [4.69, 9.17) is 5.84 Å². The number of pyridine rings is 1. The van der Waals surface area contributed by atoms with Crippen molar-refractivity contribution >= 4 is 42.7 Å². The maximum absolute atomic E-state index is 5.33. The molecule has 0 saturated heterocycles. The molecular formula is C9H8N3Sn. The van der Waals surface area contributed by atoms with E-state index in [-0.39, 0.29) is 0 Å². The van der Waals surface area contributed by atoms with Crippen molar-refractivity contribution in [2.75, 3.05) is 5.43 Å². The second-order valence-electron chi connectivity index (χ2n) is 2.74. The number of rotatable bonds is 1. The van der Waals surface area contributed by atoms with Gasteiger partial charge in [-0.15, -0.1) is 0 Å². The normalized spacial score (nSPS) is 10.3. The van der Waals surface area contributed by atoms with Gasteiger partial charge in [-0.25, -0.2) is 0 Å². The zero-order valence-electron chi connectivity index (χ0n) is 6.91. The quantitative estimate of drug-likeness (QED) is 0.448. The van der Waals surface area contributed by atoms with Gasteiger partial charge < -0.3 is 0 Å². The Labute approximate surface area is 89.4 Å². The van der Waals surface area contributed by atoms with Gasteiger partial charge in [-0.3, -0.25) is 0 Å². The van der Waals surface area contributed by atoms with Crippen LogP contribution in [0.3, 0.4) is 0 Å². The molecule has 0 aliphatic carbocycles. The van der Waals surface area contributed by atoms with Crippen molar-refractivity contribution < 1.29 is 0 Å². The molecular weight excluding hydrogens is 269 g/mol. The summed E-state index contributed by atoms with van der Waals surface area (Å²) in [4.78, 5) is 4.25. The standard InChI is InChI=1S/C9H8N3.Sn/c10-12-9-2-1-7-3-4-11-6-8(7)5-9;/h1-5,12H,10H2;. The Morgan fingerprint density at radius 2 is 2.15 bits per heavy atom. The minimum atomic E-state index is 0.921. The first-order valence-electron chi connectivity index (χ1n) is 3.88. The molecule has 0 saturated carbocycles. The van der Waals surface area contributed by atoms with Crippen molar-refractivity contribution in [3.63, 3.8) is 0 Å². The summed E-state index contributed by atoms with van der Waals surface area (Å²) in [6.45, 7) is 0. The number of nitrogens with zero attached hydrogens (tertiary/aromatic N) is 1. The number of benzene rings is 1. The van der Waals surface area contributed by atoms with Gasteiger partial charge in [0.05, 0.1) is 0 Å². The summed E-state index contributed by atoms with van der Waals surface area (Å²) in [6.07, 6.45) is 1.84. The predicted octanol–water partition coefficient (Wildman–Crippen LogP) is 0.314. The Kier molecular flexibility index (Phi) is 2.37. The molecule has 0 spiro atoms. The summed E-state index contributed by atoms with van der Waals surface area (Å²) in [5.74, 6) is 5.33. The van der Waals surface area contributed by atoms with Crippen LogP contribution in [-0.2, 0) is 0 Å². The van der Waals surface area contributed by atoms with Crippen LogP contribution in [0, 0.1) is 0 Å². The second kappa shape index (κ2) is 3.51. The number of nitrogens with one attached hydrogen (secondary N) is 1. The molecule has 3 radical (unpaired) electrons. The minimum absolute atomic E-state index is 0.921. The molecule has 13 heavy (non-hydrogen) atoms. The van der Waals surface area contributed by atoms with E-state index in [1.165, 1.54) is 33.3 Å². The Morgan fingerprint density at radius 3 is 2.92 bits per heavy atom. The molecule has 3 nitrogen and oxygen atoms in total. The van der Waals surface area contributed by atoms with Gasteiger partial charge in [0.15, 0.2) is 0 Å². The molecule has 0 atom stereocenters. The van der Waals surface area contributed by atoms with Crippen LogP contribution in [0.25, 0.3) is 10.8 Å². The number of hydrazine groups is 1. The Hall–Kier alpha value is -0.811. The molecule has 0 amide bonds. The fourth-order valence-corrected chi connectivity index (χ4v) is 2.09. The molecule has 3 N–H and O–H groups in total. The van der Waals surface area contributed by atoms with Gasteiger partial charge in [-0.05, 0) is 0 Å². The fraction of sp³-hybridized carbons (Fsp3) is 0. The number of hydrogen-bond acceptors (Lipinski definition) is 3. The second-order valence-corrected chi connectivity index (χ2v) is 4.09. The van der Waals surface area contributed by atoms with Crippen molar-refractivity contribution in [2.45, 2.75) is 0 Å². The molecule has 2 aromatic rings. The summed E-state index contributed by atoms with van der Waals surface area (Å²) in [5, 5.41) is 2.39. The first-order chi connectivity index (χ1) is 6.31. The van der Waals surface area contributed by atoms with Gasteiger partial charge >= 0.3 is 89.4 Å². The molecule has 4 heteroatoms. The van der Waals surface area contributed by atoms with Gasteiger partial charge in [-0.2, -0.15) is 0 Å². The SMILES string of the molecule is NNc1ccc2ccn[c]([Sn])c2c1. The molecule has 1 aromatic heterocycles. The van der Waals surface area contributed by atoms with E-state index in [1.54, 1.807) is 0 Å². The van der Waals surface area contributed by atoms with Crippen LogP contribution in [0.5, 0.6) is 0 Å². The number of nitrogen functional groups attached to an aromatic ring is 1. The van der Waals surface area contributed by atoms with E-state index in [2.05, 4.69) is 10.4 Å². The molecule has 0 fully saturated rings. The molecule has 1 heterocycles. The Bertz CT molecular complexity index is 442. The van der Waals surface area contributed by atoms with E-state index in [0.717, 1.165) is 9.40 Å². The number of aromatic nitrogens is 1. The first-order valence-corrected chi connectivity index (χ1v) is 5.31. The van der Waals surface area contributed by atoms with E-state index < -0.39 is 0 Å². The summed E-state index contributed by atoms with van der Waals surface area (Å²) in [5.41, 5.74) is 3.55. The third kappa shape index (κ3) is 1.61. The van der Waals surface area contributed by atoms with Gasteiger partial charge in [0, 0.05) is 0 Å². The van der Waals surface area contributed by atoms with Crippen molar-refractivity contribution in [3.05, 3.63) is 30.5 Å². The van der Waals surface area contributed by atoms with E-state index >= 15 is 0 Å². The van der Waals surface area contributed by atoms with Crippen LogP contribution in [0.4, 0.5) is 5.69 Å². The average Bonchev–Trinajstić information content (AvgIpc) is 2.18. The van der Waals surface area contributed by atoms with Crippen LogP contribution in [0.15, 0.2) is 30.5 Å². The van der Waals surface area contributed by atoms with Crippen LogP contribution >= 0.6 is 0 Å². The zero-order valence-corrected chi connectivity index (χ0v) is 9.77. The molecule has 0 aliphatic heterocycles. The molecule has 1 aromatic carbocycles. The molecule has 0 unspecified atom stereocenters. The predicted molar refractivity (Wildman–Crippen MR) is 54.9 cm³/mol. The van der Waals surface area contributed by atoms with E-state index in [0.29, 0.717) is 0 Å². The summed E-state index contributed by atoms with van der Waals surface area (Å²) < 4.78 is 1.11. The van der Waals surface area contributed by atoms with Crippen molar-refractivity contribution in [2.24, 2.45) is 5.84 Å². The third-order valence-electron chi connectivity index (χ3n) is 1.93. The fourth-order valence-electron chi connectivity index (χ4n) is 1.26. The Morgan fingerprint density at radius 1 is 1.31 bits per heavy atom. The Balaban J connectivity index is 2.74. The zero-order chi connectivity index (χ0) is 9.26. The number of fused-ring (bicyclic) bond motifs is 1. The van der Waals surface area contributed by atoms with Crippen molar-refractivity contribution in [3.8, 4) is 0 Å².